The number of hydrogen-bond acceptors (Lipinski definition) is 4. The van der Waals surface area contributed by atoms with Crippen LogP contribution >= 0.6 is 0 Å². The first kappa shape index (κ1) is 12.8. The van der Waals surface area contributed by atoms with Crippen LogP contribution in [0.25, 0.3) is 0 Å². The fourth-order valence-corrected chi connectivity index (χ4v) is 2.74. The van der Waals surface area contributed by atoms with Crippen molar-refractivity contribution < 1.29 is 17.6 Å². The molecule has 16 heavy (non-hydrogen) atoms. The van der Waals surface area contributed by atoms with Gasteiger partial charge in [-0.1, -0.05) is 0 Å². The summed E-state index contributed by atoms with van der Waals surface area (Å²) in [6.45, 7) is 3.87. The number of carbonyl (C=O) groups excluding carboxylic acids is 1. The van der Waals surface area contributed by atoms with Gasteiger partial charge < -0.3 is 9.73 Å². The first-order chi connectivity index (χ1) is 7.47. The van der Waals surface area contributed by atoms with E-state index in [-0.39, 0.29) is 23.0 Å². The zero-order valence-corrected chi connectivity index (χ0v) is 10.1. The van der Waals surface area contributed by atoms with E-state index in [0.29, 0.717) is 12.3 Å². The number of rotatable bonds is 5. The Labute approximate surface area is 94.8 Å². The number of carbonyl (C=O) groups is 1. The van der Waals surface area contributed by atoms with Crippen LogP contribution in [-0.2, 0) is 14.6 Å². The van der Waals surface area contributed by atoms with Gasteiger partial charge >= 0.3 is 0 Å². The van der Waals surface area contributed by atoms with E-state index in [1.165, 1.54) is 12.3 Å². The monoisotopic (exact) mass is 245 g/mol. The Hall–Kier alpha value is -1.30. The molecule has 0 aromatic carbocycles. The fourth-order valence-electron chi connectivity index (χ4n) is 1.32. The second kappa shape index (κ2) is 5.16. The van der Waals surface area contributed by atoms with Gasteiger partial charge in [-0.3, -0.25) is 4.79 Å². The second-order valence-electron chi connectivity index (χ2n) is 3.36. The van der Waals surface area contributed by atoms with Gasteiger partial charge in [0.1, 0.15) is 10.7 Å². The SMILES string of the molecule is CCNC(=O)CCS(=O)(=O)c1ccoc1C. The minimum absolute atomic E-state index is 0.0270. The van der Waals surface area contributed by atoms with E-state index in [0.717, 1.165) is 0 Å². The summed E-state index contributed by atoms with van der Waals surface area (Å²) in [5.74, 6) is -0.0951. The van der Waals surface area contributed by atoms with Crippen molar-refractivity contribution in [1.29, 1.82) is 0 Å². The van der Waals surface area contributed by atoms with Crippen LogP contribution in [-0.4, -0.2) is 26.6 Å². The van der Waals surface area contributed by atoms with Crippen LogP contribution in [0.3, 0.4) is 0 Å². The average Bonchev–Trinajstić information content (AvgIpc) is 2.63. The van der Waals surface area contributed by atoms with Crippen molar-refractivity contribution in [1.82, 2.24) is 5.32 Å². The van der Waals surface area contributed by atoms with Crippen LogP contribution in [0.15, 0.2) is 21.6 Å². The molecule has 0 spiro atoms. The molecule has 0 saturated carbocycles. The zero-order valence-electron chi connectivity index (χ0n) is 9.32. The Morgan fingerprint density at radius 2 is 2.19 bits per heavy atom. The molecular weight excluding hydrogens is 230 g/mol. The number of aryl methyl sites for hydroxylation is 1. The van der Waals surface area contributed by atoms with Gasteiger partial charge in [0.05, 0.1) is 12.0 Å². The molecule has 0 fully saturated rings. The van der Waals surface area contributed by atoms with Gasteiger partial charge in [-0.2, -0.15) is 0 Å². The fraction of sp³-hybridized carbons (Fsp3) is 0.500. The smallest absolute Gasteiger partial charge is 0.221 e. The van der Waals surface area contributed by atoms with E-state index >= 15 is 0 Å². The van der Waals surface area contributed by atoms with Crippen LogP contribution in [0.4, 0.5) is 0 Å². The molecule has 1 N–H and O–H groups in total. The molecule has 0 unspecified atom stereocenters. The van der Waals surface area contributed by atoms with Crippen molar-refractivity contribution in [3.05, 3.63) is 18.1 Å². The highest BCUT2D eigenvalue weighted by Crippen LogP contribution is 2.17. The largest absolute Gasteiger partial charge is 0.468 e. The van der Waals surface area contributed by atoms with E-state index in [2.05, 4.69) is 5.32 Å². The molecular formula is C10H15NO4S. The zero-order chi connectivity index (χ0) is 12.2. The van der Waals surface area contributed by atoms with Gasteiger partial charge in [0, 0.05) is 13.0 Å². The molecule has 90 valence electrons. The van der Waals surface area contributed by atoms with Gasteiger partial charge in [-0.25, -0.2) is 8.42 Å². The van der Waals surface area contributed by atoms with Crippen LogP contribution in [0.2, 0.25) is 0 Å². The maximum absolute atomic E-state index is 11.8. The summed E-state index contributed by atoms with van der Waals surface area (Å²) in [5.41, 5.74) is 0. The van der Waals surface area contributed by atoms with Crippen LogP contribution in [0, 0.1) is 6.92 Å². The molecule has 0 saturated heterocycles. The highest BCUT2D eigenvalue weighted by molar-refractivity contribution is 7.91. The van der Waals surface area contributed by atoms with Crippen LogP contribution in [0.1, 0.15) is 19.1 Å². The molecule has 0 aliphatic carbocycles. The summed E-state index contributed by atoms with van der Waals surface area (Å²) < 4.78 is 28.5. The molecule has 1 heterocycles. The summed E-state index contributed by atoms with van der Waals surface area (Å²) in [4.78, 5) is 11.3. The molecule has 0 bridgehead atoms. The standard InChI is InChI=1S/C10H15NO4S/c1-3-11-10(12)5-7-16(13,14)9-4-6-15-8(9)2/h4,6H,3,5,7H2,1-2H3,(H,11,12). The molecule has 1 amide bonds. The summed E-state index contributed by atoms with van der Waals surface area (Å²) in [6.07, 6.45) is 1.30. The predicted octanol–water partition coefficient (Wildman–Crippen LogP) is 0.888. The van der Waals surface area contributed by atoms with Crippen molar-refractivity contribution in [3.8, 4) is 0 Å². The molecule has 0 aliphatic heterocycles. The Morgan fingerprint density at radius 1 is 1.50 bits per heavy atom. The van der Waals surface area contributed by atoms with E-state index in [9.17, 15) is 13.2 Å². The third-order valence-corrected chi connectivity index (χ3v) is 3.95. The van der Waals surface area contributed by atoms with E-state index in [1.54, 1.807) is 13.8 Å². The number of hydrogen-bond donors (Lipinski definition) is 1. The maximum Gasteiger partial charge on any atom is 0.221 e. The number of amides is 1. The minimum atomic E-state index is -3.42. The minimum Gasteiger partial charge on any atom is -0.468 e. The first-order valence-corrected chi connectivity index (χ1v) is 6.66. The third kappa shape index (κ3) is 3.10. The molecule has 6 heteroatoms. The lowest BCUT2D eigenvalue weighted by Crippen LogP contribution is -2.25. The number of furan rings is 1. The van der Waals surface area contributed by atoms with Crippen molar-refractivity contribution in [2.24, 2.45) is 0 Å². The Bertz CT molecular complexity index is 461. The molecule has 1 rings (SSSR count). The lowest BCUT2D eigenvalue weighted by Gasteiger charge is -2.03. The molecule has 1 aromatic rings. The summed E-state index contributed by atoms with van der Waals surface area (Å²) in [6, 6.07) is 1.41. The van der Waals surface area contributed by atoms with Gasteiger partial charge in [0.25, 0.3) is 0 Å². The van der Waals surface area contributed by atoms with Gasteiger partial charge in [-0.15, -0.1) is 0 Å². The maximum atomic E-state index is 11.8. The van der Waals surface area contributed by atoms with E-state index in [1.807, 2.05) is 0 Å². The number of sulfone groups is 1. The summed E-state index contributed by atoms with van der Waals surface area (Å²) >= 11 is 0. The lowest BCUT2D eigenvalue weighted by molar-refractivity contribution is -0.120. The first-order valence-electron chi connectivity index (χ1n) is 5.01. The van der Waals surface area contributed by atoms with Crippen molar-refractivity contribution in [2.45, 2.75) is 25.2 Å². The summed E-state index contributed by atoms with van der Waals surface area (Å²) in [7, 11) is -3.42. The molecule has 0 aliphatic rings. The molecule has 1 aromatic heterocycles. The van der Waals surface area contributed by atoms with Crippen molar-refractivity contribution in [3.63, 3.8) is 0 Å². The second-order valence-corrected chi connectivity index (χ2v) is 5.44. The average molecular weight is 245 g/mol. The van der Waals surface area contributed by atoms with E-state index < -0.39 is 9.84 Å². The topological polar surface area (TPSA) is 76.4 Å². The highest BCUT2D eigenvalue weighted by Gasteiger charge is 2.20. The van der Waals surface area contributed by atoms with E-state index in [4.69, 9.17) is 4.42 Å². The van der Waals surface area contributed by atoms with Crippen molar-refractivity contribution in [2.75, 3.05) is 12.3 Å². The van der Waals surface area contributed by atoms with Crippen molar-refractivity contribution >= 4 is 15.7 Å². The predicted molar refractivity (Wildman–Crippen MR) is 58.8 cm³/mol. The summed E-state index contributed by atoms with van der Waals surface area (Å²) in [5, 5.41) is 2.55. The normalized spacial score (nSPS) is 11.4. The van der Waals surface area contributed by atoms with Crippen LogP contribution in [0.5, 0.6) is 0 Å². The Kier molecular flexibility index (Phi) is 4.12. The molecule has 0 radical (unpaired) electrons. The highest BCUT2D eigenvalue weighted by atomic mass is 32.2. The van der Waals surface area contributed by atoms with Gasteiger partial charge in [0.15, 0.2) is 9.84 Å². The third-order valence-electron chi connectivity index (χ3n) is 2.12. The van der Waals surface area contributed by atoms with Gasteiger partial charge in [0.2, 0.25) is 5.91 Å². The molecule has 5 nitrogen and oxygen atoms in total. The Morgan fingerprint density at radius 3 is 2.69 bits per heavy atom. The Balaban J connectivity index is 2.67. The number of nitrogens with one attached hydrogen (secondary N) is 1. The lowest BCUT2D eigenvalue weighted by atomic mass is 10.4. The molecule has 0 atom stereocenters. The quantitative estimate of drug-likeness (QED) is 0.835. The van der Waals surface area contributed by atoms with Gasteiger partial charge in [-0.05, 0) is 19.9 Å². The van der Waals surface area contributed by atoms with Crippen LogP contribution < -0.4 is 5.32 Å².